The van der Waals surface area contributed by atoms with E-state index in [0.29, 0.717) is 29.0 Å². The Hall–Kier alpha value is 0.596. The molecule has 0 spiro atoms. The van der Waals surface area contributed by atoms with Gasteiger partial charge in [-0.05, 0) is 0 Å². The maximum atomic E-state index is 3.27. The van der Waals surface area contributed by atoms with Crippen molar-refractivity contribution in [2.75, 3.05) is 0 Å². The number of hydrogen-bond acceptors (Lipinski definition) is 0. The van der Waals surface area contributed by atoms with Crippen molar-refractivity contribution >= 4 is 29.0 Å². The monoisotopic (exact) mass is 268 g/mol. The molecule has 0 aliphatic carbocycles. The molecule has 2 heterocycles. The second-order valence-corrected chi connectivity index (χ2v) is 5.78. The van der Waals surface area contributed by atoms with Crippen LogP contribution in [0.4, 0.5) is 0 Å². The van der Waals surface area contributed by atoms with Crippen molar-refractivity contribution in [2.45, 2.75) is 0 Å². The minimum atomic E-state index is 0. The molecule has 0 saturated heterocycles. The van der Waals surface area contributed by atoms with Gasteiger partial charge in [-0.25, -0.2) is 0 Å². The molecule has 2 aromatic rings. The zero-order valence-electron chi connectivity index (χ0n) is 6.20. The number of rotatable bonds is 1. The van der Waals surface area contributed by atoms with Crippen molar-refractivity contribution in [3.8, 4) is 8.87 Å². The number of hydrogen-bond donors (Lipinski definition) is 0. The second kappa shape index (κ2) is 4.58. The van der Waals surface area contributed by atoms with E-state index >= 15 is 0 Å². The molecule has 11 heavy (non-hydrogen) atoms. The summed E-state index contributed by atoms with van der Waals surface area (Å²) in [5.74, 6) is 0. The minimum absolute atomic E-state index is 0. The molecule has 0 amide bonds. The van der Waals surface area contributed by atoms with Crippen molar-refractivity contribution in [3.63, 3.8) is 0 Å². The summed E-state index contributed by atoms with van der Waals surface area (Å²) in [6.45, 7) is 0. The summed E-state index contributed by atoms with van der Waals surface area (Å²) >= 11 is 1.19. The molecule has 0 N–H and O–H groups in total. The van der Waals surface area contributed by atoms with E-state index in [1.54, 1.807) is 0 Å². The molecule has 0 saturated carbocycles. The fourth-order valence-corrected chi connectivity index (χ4v) is 4.39. The SMILES string of the molecule is [Li+].[c-]1cc[se]c1-c1ccc[se]1. The molecule has 2 rings (SSSR count). The van der Waals surface area contributed by atoms with Gasteiger partial charge in [0.25, 0.3) is 0 Å². The van der Waals surface area contributed by atoms with Crippen molar-refractivity contribution < 1.29 is 18.9 Å². The summed E-state index contributed by atoms with van der Waals surface area (Å²) in [5, 5.41) is 0. The molecule has 0 aliphatic rings. The fourth-order valence-electron chi connectivity index (χ4n) is 0.783. The van der Waals surface area contributed by atoms with Gasteiger partial charge in [-0.2, -0.15) is 0 Å². The molecule has 0 nitrogen and oxygen atoms in total. The summed E-state index contributed by atoms with van der Waals surface area (Å²) in [6, 6.07) is 9.69. The first-order chi connectivity index (χ1) is 4.97. The molecule has 0 aliphatic heterocycles. The standard InChI is InChI=1S/C8H5Se2.Li/c1-3-7(9-5-1)8-4-2-6-10-8;/h1-3,5-6H;/q-1;+1. The third-order valence-corrected chi connectivity index (χ3v) is 5.50. The van der Waals surface area contributed by atoms with Gasteiger partial charge in [0.05, 0.1) is 0 Å². The fraction of sp³-hybridized carbons (Fsp3) is 0. The molecule has 0 aromatic carbocycles. The van der Waals surface area contributed by atoms with E-state index in [9.17, 15) is 0 Å². The average Bonchev–Trinajstić information content (AvgIpc) is 2.59. The van der Waals surface area contributed by atoms with E-state index in [2.05, 4.69) is 28.1 Å². The Bertz CT molecular complexity index is 252. The molecule has 2 aromatic heterocycles. The second-order valence-electron chi connectivity index (χ2n) is 1.87. The van der Waals surface area contributed by atoms with E-state index < -0.39 is 0 Å². The van der Waals surface area contributed by atoms with Crippen LogP contribution in [-0.4, -0.2) is 29.0 Å². The van der Waals surface area contributed by atoms with Crippen LogP contribution in [0.15, 0.2) is 28.1 Å². The van der Waals surface area contributed by atoms with Crippen molar-refractivity contribution in [3.05, 3.63) is 34.1 Å². The Morgan fingerprint density at radius 3 is 2.64 bits per heavy atom. The van der Waals surface area contributed by atoms with Gasteiger partial charge in [-0.15, -0.1) is 0 Å². The summed E-state index contributed by atoms with van der Waals surface area (Å²) in [6.07, 6.45) is 0. The zero-order chi connectivity index (χ0) is 6.81. The first-order valence-corrected chi connectivity index (χ1v) is 6.65. The molecule has 0 unspecified atom stereocenters. The third-order valence-electron chi connectivity index (χ3n) is 1.21. The summed E-state index contributed by atoms with van der Waals surface area (Å²) in [4.78, 5) is 4.48. The Morgan fingerprint density at radius 1 is 1.18 bits per heavy atom. The van der Waals surface area contributed by atoms with E-state index in [-0.39, 0.29) is 18.9 Å². The summed E-state index contributed by atoms with van der Waals surface area (Å²) in [7, 11) is 0. The molecular formula is C8H5LiSe2. The van der Waals surface area contributed by atoms with Gasteiger partial charge in [0.15, 0.2) is 0 Å². The zero-order valence-corrected chi connectivity index (χ0v) is 9.63. The molecule has 3 heteroatoms. The average molecular weight is 266 g/mol. The van der Waals surface area contributed by atoms with Crippen molar-refractivity contribution in [1.82, 2.24) is 0 Å². The molecule has 0 atom stereocenters. The van der Waals surface area contributed by atoms with Gasteiger partial charge in [0.2, 0.25) is 0 Å². The van der Waals surface area contributed by atoms with Crippen LogP contribution in [0.2, 0.25) is 0 Å². The van der Waals surface area contributed by atoms with Crippen LogP contribution in [0.5, 0.6) is 0 Å². The van der Waals surface area contributed by atoms with Crippen LogP contribution in [0.3, 0.4) is 0 Å². The Labute approximate surface area is 90.3 Å². The van der Waals surface area contributed by atoms with Crippen LogP contribution in [-0.2, 0) is 0 Å². The molecular weight excluding hydrogens is 261 g/mol. The van der Waals surface area contributed by atoms with Crippen LogP contribution < -0.4 is 18.9 Å². The van der Waals surface area contributed by atoms with Gasteiger partial charge in [0.1, 0.15) is 0 Å². The van der Waals surface area contributed by atoms with E-state index in [1.165, 1.54) is 8.87 Å². The molecule has 50 valence electrons. The van der Waals surface area contributed by atoms with Gasteiger partial charge in [-0.3, -0.25) is 0 Å². The molecule has 0 fully saturated rings. The van der Waals surface area contributed by atoms with Crippen LogP contribution in [0.1, 0.15) is 0 Å². The first kappa shape index (κ1) is 9.68. The van der Waals surface area contributed by atoms with Gasteiger partial charge >= 0.3 is 90.9 Å². The van der Waals surface area contributed by atoms with E-state index in [4.69, 9.17) is 0 Å². The summed E-state index contributed by atoms with van der Waals surface area (Å²) < 4.78 is 2.98. The van der Waals surface area contributed by atoms with Gasteiger partial charge in [0, 0.05) is 0 Å². The van der Waals surface area contributed by atoms with Crippen LogP contribution in [0, 0.1) is 6.07 Å². The van der Waals surface area contributed by atoms with Crippen molar-refractivity contribution in [2.24, 2.45) is 0 Å². The Balaban J connectivity index is 0.000000605. The first-order valence-electron chi connectivity index (χ1n) is 2.96. The predicted octanol–water partition coefficient (Wildman–Crippen LogP) is -1.73. The van der Waals surface area contributed by atoms with Crippen LogP contribution >= 0.6 is 0 Å². The van der Waals surface area contributed by atoms with Gasteiger partial charge < -0.3 is 0 Å². The Morgan fingerprint density at radius 2 is 2.09 bits per heavy atom. The maximum absolute atomic E-state index is 3.27. The predicted molar refractivity (Wildman–Crippen MR) is 44.6 cm³/mol. The summed E-state index contributed by atoms with van der Waals surface area (Å²) in [5.41, 5.74) is 0. The van der Waals surface area contributed by atoms with Gasteiger partial charge in [-0.1, -0.05) is 0 Å². The topological polar surface area (TPSA) is 0 Å². The van der Waals surface area contributed by atoms with E-state index in [1.807, 2.05) is 6.07 Å². The van der Waals surface area contributed by atoms with Crippen LogP contribution in [0.25, 0.3) is 8.87 Å². The normalized spacial score (nSPS) is 9.09. The molecule has 0 bridgehead atoms. The van der Waals surface area contributed by atoms with Crippen molar-refractivity contribution in [1.29, 1.82) is 0 Å². The molecule has 0 radical (unpaired) electrons. The quantitative estimate of drug-likeness (QED) is 0.425. The third kappa shape index (κ3) is 2.26. The Kier molecular flexibility index (Phi) is 4.03. The van der Waals surface area contributed by atoms with E-state index in [0.717, 1.165) is 0 Å².